The largest absolute Gasteiger partial charge is 0.573 e. The van der Waals surface area contributed by atoms with Crippen molar-refractivity contribution < 1.29 is 17.9 Å². The van der Waals surface area contributed by atoms with Crippen molar-refractivity contribution in [3.05, 3.63) is 54.7 Å². The van der Waals surface area contributed by atoms with Crippen LogP contribution < -0.4 is 4.74 Å². The molecule has 1 heterocycles. The van der Waals surface area contributed by atoms with Gasteiger partial charge in [0.2, 0.25) is 0 Å². The zero-order valence-corrected chi connectivity index (χ0v) is 10.1. The van der Waals surface area contributed by atoms with Gasteiger partial charge < -0.3 is 4.74 Å². The van der Waals surface area contributed by atoms with Crippen LogP contribution in [0.2, 0.25) is 0 Å². The second kappa shape index (κ2) is 4.56. The predicted molar refractivity (Wildman–Crippen MR) is 67.8 cm³/mol. The molecule has 3 nitrogen and oxygen atoms in total. The molecule has 0 aliphatic rings. The maximum Gasteiger partial charge on any atom is 0.573 e. The van der Waals surface area contributed by atoms with Crippen molar-refractivity contribution in [2.24, 2.45) is 0 Å². The molecule has 0 aliphatic heterocycles. The van der Waals surface area contributed by atoms with E-state index in [1.54, 1.807) is 10.9 Å². The summed E-state index contributed by atoms with van der Waals surface area (Å²) in [6.07, 6.45) is -2.98. The van der Waals surface area contributed by atoms with Gasteiger partial charge in [-0.3, -0.25) is 0 Å². The Balaban J connectivity index is 1.95. The standard InChI is InChI=1S/C14H9F3N2O/c15-14(16,17)20-12-7-5-11(6-8-12)19-13-4-2-1-3-10(13)9-18-19/h1-9H. The van der Waals surface area contributed by atoms with Crippen LogP contribution in [0.1, 0.15) is 0 Å². The molecular formula is C14H9F3N2O. The number of benzene rings is 2. The summed E-state index contributed by atoms with van der Waals surface area (Å²) >= 11 is 0. The van der Waals surface area contributed by atoms with E-state index in [0.29, 0.717) is 5.69 Å². The molecule has 0 spiro atoms. The lowest BCUT2D eigenvalue weighted by Gasteiger charge is -2.09. The van der Waals surface area contributed by atoms with E-state index in [-0.39, 0.29) is 5.75 Å². The maximum absolute atomic E-state index is 12.1. The molecule has 3 aromatic rings. The second-order valence-corrected chi connectivity index (χ2v) is 4.16. The molecule has 3 rings (SSSR count). The van der Waals surface area contributed by atoms with E-state index in [1.807, 2.05) is 24.3 Å². The van der Waals surface area contributed by atoms with Crippen LogP contribution in [-0.4, -0.2) is 16.1 Å². The summed E-state index contributed by atoms with van der Waals surface area (Å²) in [7, 11) is 0. The van der Waals surface area contributed by atoms with Gasteiger partial charge in [0.1, 0.15) is 5.75 Å². The molecule has 1 aromatic heterocycles. The van der Waals surface area contributed by atoms with E-state index in [1.165, 1.54) is 24.3 Å². The molecule has 6 heteroatoms. The topological polar surface area (TPSA) is 27.1 Å². The summed E-state index contributed by atoms with van der Waals surface area (Å²) in [5.41, 5.74) is 1.55. The van der Waals surface area contributed by atoms with Crippen LogP contribution in [0.15, 0.2) is 54.7 Å². The maximum atomic E-state index is 12.1. The number of fused-ring (bicyclic) bond motifs is 1. The Labute approximate surface area is 112 Å². The molecule has 20 heavy (non-hydrogen) atoms. The van der Waals surface area contributed by atoms with Crippen LogP contribution in [-0.2, 0) is 0 Å². The highest BCUT2D eigenvalue weighted by Crippen LogP contribution is 2.24. The van der Waals surface area contributed by atoms with Gasteiger partial charge in [-0.15, -0.1) is 13.2 Å². The number of aromatic nitrogens is 2. The van der Waals surface area contributed by atoms with E-state index in [4.69, 9.17) is 0 Å². The van der Waals surface area contributed by atoms with Crippen LogP contribution in [0.3, 0.4) is 0 Å². The summed E-state index contributed by atoms with van der Waals surface area (Å²) in [6.45, 7) is 0. The summed E-state index contributed by atoms with van der Waals surface area (Å²) in [5.74, 6) is -0.252. The molecule has 2 aromatic carbocycles. The molecule has 0 saturated carbocycles. The Morgan fingerprint density at radius 3 is 2.35 bits per heavy atom. The van der Waals surface area contributed by atoms with Gasteiger partial charge in [-0.2, -0.15) is 5.10 Å². The molecular weight excluding hydrogens is 269 g/mol. The van der Waals surface area contributed by atoms with Gasteiger partial charge in [-0.1, -0.05) is 18.2 Å². The summed E-state index contributed by atoms with van der Waals surface area (Å²) < 4.78 is 41.7. The Morgan fingerprint density at radius 1 is 0.950 bits per heavy atom. The minimum absolute atomic E-state index is 0.252. The van der Waals surface area contributed by atoms with Crippen LogP contribution in [0.25, 0.3) is 16.6 Å². The first-order chi connectivity index (χ1) is 9.53. The summed E-state index contributed by atoms with van der Waals surface area (Å²) in [6, 6.07) is 13.2. The van der Waals surface area contributed by atoms with Crippen molar-refractivity contribution in [1.82, 2.24) is 9.78 Å². The molecule has 0 fully saturated rings. The Morgan fingerprint density at radius 2 is 1.65 bits per heavy atom. The molecule has 0 aliphatic carbocycles. The fourth-order valence-corrected chi connectivity index (χ4v) is 1.97. The Bertz CT molecular complexity index is 732. The third kappa shape index (κ3) is 2.45. The number of rotatable bonds is 2. The number of hydrogen-bond acceptors (Lipinski definition) is 2. The SMILES string of the molecule is FC(F)(F)Oc1ccc(-n2ncc3ccccc32)cc1. The average Bonchev–Trinajstić information content (AvgIpc) is 2.82. The number of alkyl halides is 3. The van der Waals surface area contributed by atoms with Gasteiger partial charge in [0.15, 0.2) is 0 Å². The molecule has 0 saturated heterocycles. The lowest BCUT2D eigenvalue weighted by Crippen LogP contribution is -2.17. The molecule has 0 atom stereocenters. The first-order valence-corrected chi connectivity index (χ1v) is 5.82. The van der Waals surface area contributed by atoms with Gasteiger partial charge in [0, 0.05) is 5.39 Å². The van der Waals surface area contributed by atoms with E-state index in [9.17, 15) is 13.2 Å². The minimum Gasteiger partial charge on any atom is -0.406 e. The van der Waals surface area contributed by atoms with Crippen molar-refractivity contribution in [3.63, 3.8) is 0 Å². The highest BCUT2D eigenvalue weighted by Gasteiger charge is 2.30. The number of para-hydroxylation sites is 1. The normalized spacial score (nSPS) is 11.8. The first-order valence-electron chi connectivity index (χ1n) is 5.82. The second-order valence-electron chi connectivity index (χ2n) is 4.16. The predicted octanol–water partition coefficient (Wildman–Crippen LogP) is 3.92. The van der Waals surface area contributed by atoms with Crippen molar-refractivity contribution in [2.75, 3.05) is 0 Å². The van der Waals surface area contributed by atoms with Crippen molar-refractivity contribution in [3.8, 4) is 11.4 Å². The molecule has 102 valence electrons. The van der Waals surface area contributed by atoms with Crippen molar-refractivity contribution in [2.45, 2.75) is 6.36 Å². The van der Waals surface area contributed by atoms with E-state index < -0.39 is 6.36 Å². The average molecular weight is 278 g/mol. The Kier molecular flexibility index (Phi) is 2.85. The van der Waals surface area contributed by atoms with Crippen molar-refractivity contribution >= 4 is 10.9 Å². The van der Waals surface area contributed by atoms with Crippen LogP contribution in [0.5, 0.6) is 5.75 Å². The molecule has 0 N–H and O–H groups in total. The molecule has 0 amide bonds. The van der Waals surface area contributed by atoms with Crippen LogP contribution in [0.4, 0.5) is 13.2 Å². The Hall–Kier alpha value is -2.50. The monoisotopic (exact) mass is 278 g/mol. The number of halogens is 3. The van der Waals surface area contributed by atoms with E-state index in [0.717, 1.165) is 10.9 Å². The van der Waals surface area contributed by atoms with Crippen LogP contribution >= 0.6 is 0 Å². The fourth-order valence-electron chi connectivity index (χ4n) is 1.97. The highest BCUT2D eigenvalue weighted by molar-refractivity contribution is 5.80. The zero-order valence-electron chi connectivity index (χ0n) is 10.1. The summed E-state index contributed by atoms with van der Waals surface area (Å²) in [4.78, 5) is 0. The number of hydrogen-bond donors (Lipinski definition) is 0. The summed E-state index contributed by atoms with van der Waals surface area (Å²) in [5, 5.41) is 5.18. The quantitative estimate of drug-likeness (QED) is 0.710. The fraction of sp³-hybridized carbons (Fsp3) is 0.0714. The van der Waals surface area contributed by atoms with Gasteiger partial charge in [-0.25, -0.2) is 4.68 Å². The van der Waals surface area contributed by atoms with Gasteiger partial charge in [0.05, 0.1) is 17.4 Å². The van der Waals surface area contributed by atoms with Gasteiger partial charge >= 0.3 is 6.36 Å². The smallest absolute Gasteiger partial charge is 0.406 e. The van der Waals surface area contributed by atoms with E-state index >= 15 is 0 Å². The van der Waals surface area contributed by atoms with Gasteiger partial charge in [0.25, 0.3) is 0 Å². The third-order valence-electron chi connectivity index (χ3n) is 2.79. The van der Waals surface area contributed by atoms with Crippen molar-refractivity contribution in [1.29, 1.82) is 0 Å². The lowest BCUT2D eigenvalue weighted by molar-refractivity contribution is -0.274. The number of nitrogens with zero attached hydrogens (tertiary/aromatic N) is 2. The zero-order chi connectivity index (χ0) is 14.2. The first kappa shape index (κ1) is 12.5. The molecule has 0 unspecified atom stereocenters. The molecule has 0 bridgehead atoms. The minimum atomic E-state index is -4.68. The number of ether oxygens (including phenoxy) is 1. The highest BCUT2D eigenvalue weighted by atomic mass is 19.4. The van der Waals surface area contributed by atoms with Gasteiger partial charge in [-0.05, 0) is 30.3 Å². The lowest BCUT2D eigenvalue weighted by atomic mass is 10.2. The molecule has 0 radical (unpaired) electrons. The third-order valence-corrected chi connectivity index (χ3v) is 2.79. The van der Waals surface area contributed by atoms with Crippen LogP contribution in [0, 0.1) is 0 Å². The van der Waals surface area contributed by atoms with E-state index in [2.05, 4.69) is 9.84 Å².